The average molecular weight is 208 g/mol. The van der Waals surface area contributed by atoms with Crippen molar-refractivity contribution in [3.8, 4) is 0 Å². The summed E-state index contributed by atoms with van der Waals surface area (Å²) in [4.78, 5) is 11.7. The summed E-state index contributed by atoms with van der Waals surface area (Å²) in [6.45, 7) is 0. The maximum atomic E-state index is 11.7. The predicted octanol–water partition coefficient (Wildman–Crippen LogP) is 1.05. The fraction of sp³-hybridized carbons (Fsp3) is 0.600. The van der Waals surface area contributed by atoms with Crippen LogP contribution in [0.5, 0.6) is 0 Å². The summed E-state index contributed by atoms with van der Waals surface area (Å²) in [5.74, 6) is 0.245. The van der Waals surface area contributed by atoms with Gasteiger partial charge in [0.25, 0.3) is 5.91 Å². The highest BCUT2D eigenvalue weighted by molar-refractivity contribution is 5.93. The normalized spacial score (nSPS) is 17.6. The van der Waals surface area contributed by atoms with Crippen molar-refractivity contribution < 1.29 is 4.79 Å². The highest BCUT2D eigenvalue weighted by Crippen LogP contribution is 2.17. The molecule has 2 rings (SSSR count). The first-order chi connectivity index (χ1) is 7.25. The van der Waals surface area contributed by atoms with Crippen molar-refractivity contribution in [1.82, 2.24) is 15.5 Å². The lowest BCUT2D eigenvalue weighted by Crippen LogP contribution is -2.36. The number of H-pyrrole nitrogens is 1. The monoisotopic (exact) mass is 208 g/mol. The molecule has 15 heavy (non-hydrogen) atoms. The first-order valence-electron chi connectivity index (χ1n) is 5.37. The molecule has 1 fully saturated rings. The smallest absolute Gasteiger partial charge is 0.269 e. The van der Waals surface area contributed by atoms with Gasteiger partial charge in [-0.3, -0.25) is 9.89 Å². The Hall–Kier alpha value is -1.52. The number of nitrogens with zero attached hydrogens (tertiary/aromatic N) is 1. The summed E-state index contributed by atoms with van der Waals surface area (Å²) in [5.41, 5.74) is 5.87. The number of carbonyl (C=O) groups is 1. The SMILES string of the molecule is Nc1cc(C(=O)NC2CCCCC2)[nH]n1. The van der Waals surface area contributed by atoms with Crippen molar-refractivity contribution in [2.24, 2.45) is 0 Å². The van der Waals surface area contributed by atoms with Crippen LogP contribution in [0.15, 0.2) is 6.07 Å². The topological polar surface area (TPSA) is 83.8 Å². The minimum absolute atomic E-state index is 0.105. The molecule has 1 aliphatic rings. The van der Waals surface area contributed by atoms with E-state index in [0.29, 0.717) is 17.6 Å². The predicted molar refractivity (Wildman–Crippen MR) is 57.3 cm³/mol. The van der Waals surface area contributed by atoms with Gasteiger partial charge >= 0.3 is 0 Å². The van der Waals surface area contributed by atoms with Crippen molar-refractivity contribution in [2.75, 3.05) is 5.73 Å². The molecule has 1 heterocycles. The molecule has 4 N–H and O–H groups in total. The van der Waals surface area contributed by atoms with Gasteiger partial charge in [0.1, 0.15) is 11.5 Å². The number of nitrogens with two attached hydrogens (primary N) is 1. The number of hydrogen-bond donors (Lipinski definition) is 3. The molecule has 0 aromatic carbocycles. The Bertz CT molecular complexity index is 341. The molecule has 0 unspecified atom stereocenters. The third-order valence-electron chi connectivity index (χ3n) is 2.78. The standard InChI is InChI=1S/C10H16N4O/c11-9-6-8(13-14-9)10(15)12-7-4-2-1-3-5-7/h6-7H,1-5H2,(H,12,15)(H3,11,13,14). The Balaban J connectivity index is 1.91. The number of hydrogen-bond acceptors (Lipinski definition) is 3. The molecular weight excluding hydrogens is 192 g/mol. The van der Waals surface area contributed by atoms with E-state index in [9.17, 15) is 4.79 Å². The van der Waals surface area contributed by atoms with Gasteiger partial charge in [0.05, 0.1) is 0 Å². The molecule has 82 valence electrons. The molecule has 1 amide bonds. The zero-order valence-electron chi connectivity index (χ0n) is 8.62. The second-order valence-corrected chi connectivity index (χ2v) is 4.01. The first kappa shape index (κ1) is 10.0. The minimum Gasteiger partial charge on any atom is -0.382 e. The maximum Gasteiger partial charge on any atom is 0.269 e. The van der Waals surface area contributed by atoms with Crippen LogP contribution in [0.25, 0.3) is 0 Å². The number of rotatable bonds is 2. The molecular formula is C10H16N4O. The number of aromatic amines is 1. The highest BCUT2D eigenvalue weighted by atomic mass is 16.2. The van der Waals surface area contributed by atoms with E-state index in [1.54, 1.807) is 6.07 Å². The second-order valence-electron chi connectivity index (χ2n) is 4.01. The van der Waals surface area contributed by atoms with Crippen LogP contribution in [0, 0.1) is 0 Å². The summed E-state index contributed by atoms with van der Waals surface area (Å²) in [7, 11) is 0. The largest absolute Gasteiger partial charge is 0.382 e. The zero-order valence-corrected chi connectivity index (χ0v) is 8.62. The van der Waals surface area contributed by atoms with Gasteiger partial charge in [0.15, 0.2) is 0 Å². The van der Waals surface area contributed by atoms with Gasteiger partial charge in [-0.1, -0.05) is 19.3 Å². The molecule has 0 bridgehead atoms. The van der Waals surface area contributed by atoms with Gasteiger partial charge in [-0.15, -0.1) is 0 Å². The Morgan fingerprint density at radius 1 is 1.47 bits per heavy atom. The Morgan fingerprint density at radius 3 is 2.80 bits per heavy atom. The van der Waals surface area contributed by atoms with Crippen LogP contribution in [0.4, 0.5) is 5.82 Å². The summed E-state index contributed by atoms with van der Waals surface area (Å²) < 4.78 is 0. The molecule has 0 atom stereocenters. The van der Waals surface area contributed by atoms with Crippen LogP contribution >= 0.6 is 0 Å². The van der Waals surface area contributed by atoms with Crippen molar-refractivity contribution in [2.45, 2.75) is 38.1 Å². The zero-order chi connectivity index (χ0) is 10.7. The molecule has 5 heteroatoms. The van der Waals surface area contributed by atoms with Crippen molar-refractivity contribution in [1.29, 1.82) is 0 Å². The lowest BCUT2D eigenvalue weighted by molar-refractivity contribution is 0.0922. The van der Waals surface area contributed by atoms with Crippen LogP contribution in [0.3, 0.4) is 0 Å². The van der Waals surface area contributed by atoms with Crippen LogP contribution in [-0.2, 0) is 0 Å². The summed E-state index contributed by atoms with van der Waals surface area (Å²) >= 11 is 0. The van der Waals surface area contributed by atoms with Crippen LogP contribution in [-0.4, -0.2) is 22.1 Å². The third kappa shape index (κ3) is 2.49. The third-order valence-corrected chi connectivity index (χ3v) is 2.78. The van der Waals surface area contributed by atoms with E-state index in [2.05, 4.69) is 15.5 Å². The molecule has 1 aliphatic carbocycles. The number of aromatic nitrogens is 2. The number of anilines is 1. The number of nitrogens with one attached hydrogen (secondary N) is 2. The Labute approximate surface area is 88.4 Å². The van der Waals surface area contributed by atoms with E-state index in [-0.39, 0.29) is 5.91 Å². The minimum atomic E-state index is -0.105. The first-order valence-corrected chi connectivity index (χ1v) is 5.37. The van der Waals surface area contributed by atoms with Crippen LogP contribution < -0.4 is 11.1 Å². The molecule has 0 aliphatic heterocycles. The fourth-order valence-electron chi connectivity index (χ4n) is 1.96. The lowest BCUT2D eigenvalue weighted by Gasteiger charge is -2.22. The van der Waals surface area contributed by atoms with E-state index in [0.717, 1.165) is 12.8 Å². The molecule has 0 radical (unpaired) electrons. The van der Waals surface area contributed by atoms with Gasteiger partial charge in [0.2, 0.25) is 0 Å². The molecule has 1 aromatic rings. The van der Waals surface area contributed by atoms with Gasteiger partial charge < -0.3 is 11.1 Å². The van der Waals surface area contributed by atoms with E-state index in [1.165, 1.54) is 19.3 Å². The van der Waals surface area contributed by atoms with Crippen LogP contribution in [0.2, 0.25) is 0 Å². The molecule has 1 aromatic heterocycles. The maximum absolute atomic E-state index is 11.7. The van der Waals surface area contributed by atoms with Crippen LogP contribution in [0.1, 0.15) is 42.6 Å². The molecule has 1 saturated carbocycles. The highest BCUT2D eigenvalue weighted by Gasteiger charge is 2.17. The number of carbonyl (C=O) groups excluding carboxylic acids is 1. The number of nitrogen functional groups attached to an aromatic ring is 1. The van der Waals surface area contributed by atoms with Gasteiger partial charge in [-0.2, -0.15) is 5.10 Å². The van der Waals surface area contributed by atoms with Gasteiger partial charge in [0, 0.05) is 12.1 Å². The fourth-order valence-corrected chi connectivity index (χ4v) is 1.96. The summed E-state index contributed by atoms with van der Waals surface area (Å²) in [5, 5.41) is 9.31. The van der Waals surface area contributed by atoms with Crippen molar-refractivity contribution >= 4 is 11.7 Å². The Morgan fingerprint density at radius 2 is 2.20 bits per heavy atom. The quantitative estimate of drug-likeness (QED) is 0.679. The molecule has 0 spiro atoms. The molecule has 0 saturated heterocycles. The van der Waals surface area contributed by atoms with E-state index in [1.807, 2.05) is 0 Å². The average Bonchev–Trinajstić information content (AvgIpc) is 2.66. The number of amides is 1. The summed E-state index contributed by atoms with van der Waals surface area (Å²) in [6.07, 6.45) is 5.85. The van der Waals surface area contributed by atoms with Gasteiger partial charge in [-0.05, 0) is 12.8 Å². The molecule has 5 nitrogen and oxygen atoms in total. The summed E-state index contributed by atoms with van der Waals surface area (Å²) in [6, 6.07) is 1.87. The van der Waals surface area contributed by atoms with E-state index >= 15 is 0 Å². The van der Waals surface area contributed by atoms with E-state index in [4.69, 9.17) is 5.73 Å². The second kappa shape index (κ2) is 4.33. The lowest BCUT2D eigenvalue weighted by atomic mass is 9.95. The van der Waals surface area contributed by atoms with Crippen molar-refractivity contribution in [3.63, 3.8) is 0 Å². The Kier molecular flexibility index (Phi) is 2.89. The van der Waals surface area contributed by atoms with E-state index < -0.39 is 0 Å². The van der Waals surface area contributed by atoms with Gasteiger partial charge in [-0.25, -0.2) is 0 Å². The van der Waals surface area contributed by atoms with Crippen molar-refractivity contribution in [3.05, 3.63) is 11.8 Å².